The molecule has 1 heterocycles. The Morgan fingerprint density at radius 3 is 2.42 bits per heavy atom. The van der Waals surface area contributed by atoms with Crippen LogP contribution >= 0.6 is 11.6 Å². The van der Waals surface area contributed by atoms with Crippen molar-refractivity contribution in [2.24, 2.45) is 5.92 Å². The number of piperidine rings is 1. The van der Waals surface area contributed by atoms with Gasteiger partial charge in [-0.05, 0) is 43.9 Å². The van der Waals surface area contributed by atoms with Gasteiger partial charge in [0.25, 0.3) is 0 Å². The van der Waals surface area contributed by atoms with Crippen LogP contribution in [-0.4, -0.2) is 37.8 Å². The van der Waals surface area contributed by atoms with Gasteiger partial charge in [-0.2, -0.15) is 0 Å². The van der Waals surface area contributed by atoms with Gasteiger partial charge in [0.05, 0.1) is 5.75 Å². The largest absolute Gasteiger partial charge is 0.353 e. The Hall–Kier alpha value is -1.11. The van der Waals surface area contributed by atoms with E-state index < -0.39 is 10.0 Å². The molecular weight excluding hydrogens is 348 g/mol. The van der Waals surface area contributed by atoms with Gasteiger partial charge in [0.15, 0.2) is 0 Å². The molecule has 2 rings (SSSR count). The van der Waals surface area contributed by atoms with Crippen LogP contribution < -0.4 is 5.32 Å². The van der Waals surface area contributed by atoms with E-state index in [9.17, 15) is 13.2 Å². The lowest BCUT2D eigenvalue weighted by Crippen LogP contribution is -2.44. The predicted molar refractivity (Wildman–Crippen MR) is 96.3 cm³/mol. The number of benzene rings is 1. The Labute approximate surface area is 149 Å². The lowest BCUT2D eigenvalue weighted by atomic mass is 9.97. The molecule has 1 aliphatic rings. The summed E-state index contributed by atoms with van der Waals surface area (Å²) in [4.78, 5) is 12.2. The molecule has 0 radical (unpaired) electrons. The van der Waals surface area contributed by atoms with E-state index in [2.05, 4.69) is 5.32 Å². The molecular formula is C17H25ClN2O3S. The maximum Gasteiger partial charge on any atom is 0.223 e. The van der Waals surface area contributed by atoms with E-state index >= 15 is 0 Å². The molecule has 1 aromatic rings. The van der Waals surface area contributed by atoms with Gasteiger partial charge in [-0.15, -0.1) is 0 Å². The van der Waals surface area contributed by atoms with Crippen molar-refractivity contribution in [1.29, 1.82) is 0 Å². The summed E-state index contributed by atoms with van der Waals surface area (Å²) in [5.41, 5.74) is 0.719. The van der Waals surface area contributed by atoms with E-state index in [1.807, 2.05) is 13.8 Å². The summed E-state index contributed by atoms with van der Waals surface area (Å²) in [6.07, 6.45) is 2.03. The molecule has 0 saturated carbocycles. The first kappa shape index (κ1) is 19.2. The Bertz CT molecular complexity index is 653. The molecule has 0 unspecified atom stereocenters. The Morgan fingerprint density at radius 1 is 1.29 bits per heavy atom. The molecule has 1 saturated heterocycles. The molecule has 0 bridgehead atoms. The molecule has 1 amide bonds. The molecule has 0 aliphatic carbocycles. The summed E-state index contributed by atoms with van der Waals surface area (Å²) in [7, 11) is -3.37. The lowest BCUT2D eigenvalue weighted by molar-refractivity contribution is -0.126. The van der Waals surface area contributed by atoms with E-state index in [4.69, 9.17) is 11.6 Å². The van der Waals surface area contributed by atoms with Crippen LogP contribution in [0.2, 0.25) is 5.02 Å². The van der Waals surface area contributed by atoms with Gasteiger partial charge in [-0.25, -0.2) is 12.7 Å². The Kier molecular flexibility index (Phi) is 6.66. The monoisotopic (exact) mass is 372 g/mol. The molecule has 1 fully saturated rings. The molecule has 1 N–H and O–H groups in total. The van der Waals surface area contributed by atoms with Gasteiger partial charge in [0.2, 0.25) is 15.9 Å². The quantitative estimate of drug-likeness (QED) is 0.834. The number of hydrogen-bond donors (Lipinski definition) is 1. The average Bonchev–Trinajstić information content (AvgIpc) is 2.56. The maximum absolute atomic E-state index is 12.5. The lowest BCUT2D eigenvalue weighted by Gasteiger charge is -2.31. The minimum Gasteiger partial charge on any atom is -0.353 e. The van der Waals surface area contributed by atoms with Gasteiger partial charge in [0, 0.05) is 30.1 Å². The van der Waals surface area contributed by atoms with Crippen LogP contribution in [0.4, 0.5) is 0 Å². The Balaban J connectivity index is 1.90. The van der Waals surface area contributed by atoms with Crippen LogP contribution in [0.15, 0.2) is 24.3 Å². The van der Waals surface area contributed by atoms with Gasteiger partial charge < -0.3 is 5.32 Å². The molecule has 7 heteroatoms. The van der Waals surface area contributed by atoms with E-state index in [1.165, 1.54) is 4.31 Å². The smallest absolute Gasteiger partial charge is 0.223 e. The van der Waals surface area contributed by atoms with Gasteiger partial charge in [0.1, 0.15) is 0 Å². The van der Waals surface area contributed by atoms with Crippen molar-refractivity contribution in [3.63, 3.8) is 0 Å². The fourth-order valence-corrected chi connectivity index (χ4v) is 4.43. The molecule has 134 valence electrons. The number of hydrogen-bond acceptors (Lipinski definition) is 3. The number of sulfonamides is 1. The van der Waals surface area contributed by atoms with Crippen molar-refractivity contribution in [2.75, 3.05) is 13.1 Å². The van der Waals surface area contributed by atoms with Crippen molar-refractivity contribution in [3.05, 3.63) is 34.9 Å². The van der Waals surface area contributed by atoms with Crippen molar-refractivity contribution < 1.29 is 13.2 Å². The first-order valence-corrected chi connectivity index (χ1v) is 10.3. The number of halogens is 1. The third-order valence-corrected chi connectivity index (χ3v) is 6.58. The normalized spacial score (nSPS) is 18.3. The SMILES string of the molecule is CC[C@@H](C)NC(=O)C1CCN(S(=O)(=O)Cc2ccc(Cl)cc2)CC1. The zero-order chi connectivity index (χ0) is 17.7. The number of nitrogens with zero attached hydrogens (tertiary/aromatic N) is 1. The first-order chi connectivity index (χ1) is 11.3. The van der Waals surface area contributed by atoms with Gasteiger partial charge >= 0.3 is 0 Å². The highest BCUT2D eigenvalue weighted by Crippen LogP contribution is 2.22. The third kappa shape index (κ3) is 5.19. The molecule has 0 spiro atoms. The number of amides is 1. The zero-order valence-electron chi connectivity index (χ0n) is 14.2. The second-order valence-corrected chi connectivity index (χ2v) is 8.78. The molecule has 1 aromatic carbocycles. The van der Waals surface area contributed by atoms with E-state index in [0.29, 0.717) is 31.0 Å². The van der Waals surface area contributed by atoms with Gasteiger partial charge in [-0.1, -0.05) is 30.7 Å². The molecule has 24 heavy (non-hydrogen) atoms. The topological polar surface area (TPSA) is 66.5 Å². The summed E-state index contributed by atoms with van der Waals surface area (Å²) >= 11 is 5.83. The summed E-state index contributed by atoms with van der Waals surface area (Å²) in [5.74, 6) is -0.0893. The molecule has 5 nitrogen and oxygen atoms in total. The third-order valence-electron chi connectivity index (χ3n) is 4.48. The van der Waals surface area contributed by atoms with E-state index in [1.54, 1.807) is 24.3 Å². The first-order valence-electron chi connectivity index (χ1n) is 8.34. The number of nitrogens with one attached hydrogen (secondary N) is 1. The maximum atomic E-state index is 12.5. The van der Waals surface area contributed by atoms with Crippen LogP contribution in [0.25, 0.3) is 0 Å². The molecule has 1 atom stereocenters. The summed E-state index contributed by atoms with van der Waals surface area (Å²) < 4.78 is 26.6. The molecule has 1 aliphatic heterocycles. The highest BCUT2D eigenvalue weighted by molar-refractivity contribution is 7.88. The second-order valence-electron chi connectivity index (χ2n) is 6.37. The number of carbonyl (C=O) groups excluding carboxylic acids is 1. The number of rotatable bonds is 6. The van der Waals surface area contributed by atoms with E-state index in [0.717, 1.165) is 12.0 Å². The average molecular weight is 373 g/mol. The fourth-order valence-electron chi connectivity index (χ4n) is 2.74. The highest BCUT2D eigenvalue weighted by atomic mass is 35.5. The van der Waals surface area contributed by atoms with Crippen LogP contribution in [0.5, 0.6) is 0 Å². The molecule has 0 aromatic heterocycles. The van der Waals surface area contributed by atoms with Crippen LogP contribution in [0, 0.1) is 5.92 Å². The number of carbonyl (C=O) groups is 1. The Morgan fingerprint density at radius 2 is 1.88 bits per heavy atom. The highest BCUT2D eigenvalue weighted by Gasteiger charge is 2.31. The van der Waals surface area contributed by atoms with Crippen LogP contribution in [0.3, 0.4) is 0 Å². The standard InChI is InChI=1S/C17H25ClN2O3S/c1-3-13(2)19-17(21)15-8-10-20(11-9-15)24(22,23)12-14-4-6-16(18)7-5-14/h4-7,13,15H,3,8-12H2,1-2H3,(H,19,21)/t13-/m1/s1. The van der Waals surface area contributed by atoms with Crippen LogP contribution in [-0.2, 0) is 20.6 Å². The summed E-state index contributed by atoms with van der Waals surface area (Å²) in [5, 5.41) is 3.57. The van der Waals surface area contributed by atoms with Crippen molar-refractivity contribution in [2.45, 2.75) is 44.9 Å². The minimum atomic E-state index is -3.37. The predicted octanol–water partition coefficient (Wildman–Crippen LogP) is 2.80. The van der Waals surface area contributed by atoms with Crippen molar-refractivity contribution in [3.8, 4) is 0 Å². The summed E-state index contributed by atoms with van der Waals surface area (Å²) in [6.45, 7) is 4.80. The minimum absolute atomic E-state index is 0.0338. The zero-order valence-corrected chi connectivity index (χ0v) is 15.7. The summed E-state index contributed by atoms with van der Waals surface area (Å²) in [6, 6.07) is 7.00. The van der Waals surface area contributed by atoms with E-state index in [-0.39, 0.29) is 23.6 Å². The van der Waals surface area contributed by atoms with Crippen molar-refractivity contribution >= 4 is 27.5 Å². The van der Waals surface area contributed by atoms with Crippen LogP contribution in [0.1, 0.15) is 38.7 Å². The second kappa shape index (κ2) is 8.32. The fraction of sp³-hybridized carbons (Fsp3) is 0.588. The van der Waals surface area contributed by atoms with Crippen molar-refractivity contribution in [1.82, 2.24) is 9.62 Å². The van der Waals surface area contributed by atoms with Gasteiger partial charge in [-0.3, -0.25) is 4.79 Å².